The minimum absolute atomic E-state index is 0.195. The zero-order valence-corrected chi connectivity index (χ0v) is 17.5. The number of benzene rings is 1. The molecule has 3 rings (SSSR count). The minimum Gasteiger partial charge on any atom is -0.454 e. The van der Waals surface area contributed by atoms with Crippen LogP contribution in [0.25, 0.3) is 6.08 Å². The van der Waals surface area contributed by atoms with E-state index in [0.29, 0.717) is 17.7 Å². The number of ketones is 1. The lowest BCUT2D eigenvalue weighted by atomic mass is 10.0. The van der Waals surface area contributed by atoms with Gasteiger partial charge in [0.25, 0.3) is 0 Å². The van der Waals surface area contributed by atoms with E-state index >= 15 is 0 Å². The normalized spacial score (nSPS) is 16.4. The van der Waals surface area contributed by atoms with Crippen molar-refractivity contribution in [3.63, 3.8) is 0 Å². The predicted molar refractivity (Wildman–Crippen MR) is 110 cm³/mol. The third kappa shape index (κ3) is 4.51. The minimum atomic E-state index is -3.38. The first-order chi connectivity index (χ1) is 13.1. The highest BCUT2D eigenvalue weighted by molar-refractivity contribution is 7.92. The van der Waals surface area contributed by atoms with E-state index in [4.69, 9.17) is 4.74 Å². The Kier molecular flexibility index (Phi) is 5.71. The number of hydrogen-bond acceptors (Lipinski definition) is 6. The maximum absolute atomic E-state index is 12.4. The predicted octanol–water partition coefficient (Wildman–Crippen LogP) is 3.21. The topological polar surface area (TPSA) is 80.8 Å². The van der Waals surface area contributed by atoms with Crippen molar-refractivity contribution in [2.24, 2.45) is 0 Å². The molecule has 6 nitrogen and oxygen atoms in total. The van der Waals surface area contributed by atoms with Gasteiger partial charge in [0.2, 0.25) is 10.0 Å². The Morgan fingerprint density at radius 3 is 2.68 bits per heavy atom. The summed E-state index contributed by atoms with van der Waals surface area (Å²) in [5, 5.41) is 0. The highest BCUT2D eigenvalue weighted by Gasteiger charge is 2.32. The van der Waals surface area contributed by atoms with Gasteiger partial charge >= 0.3 is 5.97 Å². The molecule has 2 aromatic rings. The van der Waals surface area contributed by atoms with Gasteiger partial charge in [0, 0.05) is 27.4 Å². The summed E-state index contributed by atoms with van der Waals surface area (Å²) in [6, 6.07) is 8.54. The molecule has 0 radical (unpaired) electrons. The van der Waals surface area contributed by atoms with E-state index in [9.17, 15) is 18.0 Å². The first kappa shape index (κ1) is 20.3. The van der Waals surface area contributed by atoms with Crippen LogP contribution < -0.4 is 4.31 Å². The van der Waals surface area contributed by atoms with Gasteiger partial charge in [0.15, 0.2) is 12.4 Å². The zero-order chi connectivity index (χ0) is 20.5. The summed E-state index contributed by atoms with van der Waals surface area (Å²) < 4.78 is 30.3. The van der Waals surface area contributed by atoms with Crippen molar-refractivity contribution in [1.29, 1.82) is 0 Å². The molecule has 0 unspecified atom stereocenters. The number of ether oxygens (including phenoxy) is 1. The number of carbonyl (C=O) groups excluding carboxylic acids is 2. The third-order valence-electron chi connectivity index (χ3n) is 4.40. The summed E-state index contributed by atoms with van der Waals surface area (Å²) >= 11 is 1.56. The molecule has 148 valence electrons. The van der Waals surface area contributed by atoms with Gasteiger partial charge in [0.05, 0.1) is 11.9 Å². The smallest absolute Gasteiger partial charge is 0.331 e. The van der Waals surface area contributed by atoms with E-state index in [1.807, 2.05) is 26.0 Å². The molecule has 0 spiro atoms. The molecule has 2 heterocycles. The van der Waals surface area contributed by atoms with E-state index < -0.39 is 16.0 Å². The van der Waals surface area contributed by atoms with Crippen LogP contribution in [-0.2, 0) is 26.0 Å². The highest BCUT2D eigenvalue weighted by Crippen LogP contribution is 2.34. The van der Waals surface area contributed by atoms with Gasteiger partial charge < -0.3 is 4.74 Å². The summed E-state index contributed by atoms with van der Waals surface area (Å²) in [5.41, 5.74) is 1.78. The Bertz CT molecular complexity index is 1050. The molecule has 1 aromatic carbocycles. The van der Waals surface area contributed by atoms with Crippen LogP contribution in [0.3, 0.4) is 0 Å². The molecular formula is C20H21NO5S2. The Balaban J connectivity index is 1.63. The van der Waals surface area contributed by atoms with Gasteiger partial charge in [-0.25, -0.2) is 13.2 Å². The maximum atomic E-state index is 12.4. The first-order valence-electron chi connectivity index (χ1n) is 8.72. The number of thiophene rings is 1. The Labute approximate surface area is 168 Å². The number of rotatable bonds is 6. The average Bonchev–Trinajstić information content (AvgIpc) is 3.18. The van der Waals surface area contributed by atoms with Crippen LogP contribution in [-0.4, -0.2) is 39.1 Å². The van der Waals surface area contributed by atoms with Crippen molar-refractivity contribution >= 4 is 44.9 Å². The van der Waals surface area contributed by atoms with Crippen molar-refractivity contribution in [2.45, 2.75) is 26.3 Å². The molecule has 8 heteroatoms. The Hall–Kier alpha value is -2.45. The monoisotopic (exact) mass is 419 g/mol. The molecular weight excluding hydrogens is 398 g/mol. The van der Waals surface area contributed by atoms with Crippen LogP contribution in [0.2, 0.25) is 0 Å². The lowest BCUT2D eigenvalue weighted by Crippen LogP contribution is -2.34. The van der Waals surface area contributed by atoms with E-state index in [0.717, 1.165) is 15.3 Å². The van der Waals surface area contributed by atoms with Crippen molar-refractivity contribution in [3.05, 3.63) is 57.3 Å². The van der Waals surface area contributed by atoms with Crippen LogP contribution in [0.4, 0.5) is 5.69 Å². The number of fused-ring (bicyclic) bond motifs is 1. The second kappa shape index (κ2) is 7.89. The first-order valence-corrected chi connectivity index (χ1v) is 11.4. The number of Topliss-reactive ketones (excluding diaryl/α,β-unsaturated/α-hetero) is 1. The molecule has 1 atom stereocenters. The summed E-state index contributed by atoms with van der Waals surface area (Å²) in [7, 11) is -3.38. The van der Waals surface area contributed by atoms with Gasteiger partial charge in [-0.2, -0.15) is 0 Å². The molecule has 0 N–H and O–H groups in total. The number of esters is 1. The fraction of sp³-hybridized carbons (Fsp3) is 0.300. The van der Waals surface area contributed by atoms with Crippen LogP contribution in [0, 0.1) is 6.92 Å². The number of aryl methyl sites for hydroxylation is 1. The van der Waals surface area contributed by atoms with Gasteiger partial charge in [-0.15, -0.1) is 11.3 Å². The lowest BCUT2D eigenvalue weighted by molar-refractivity contribution is -0.136. The van der Waals surface area contributed by atoms with Crippen molar-refractivity contribution in [3.8, 4) is 0 Å². The molecule has 1 aliphatic heterocycles. The van der Waals surface area contributed by atoms with Crippen LogP contribution >= 0.6 is 11.3 Å². The summed E-state index contributed by atoms with van der Waals surface area (Å²) in [4.78, 5) is 26.2. The van der Waals surface area contributed by atoms with Crippen LogP contribution in [0.5, 0.6) is 0 Å². The van der Waals surface area contributed by atoms with E-state index in [-0.39, 0.29) is 18.4 Å². The van der Waals surface area contributed by atoms with Crippen molar-refractivity contribution < 1.29 is 22.7 Å². The van der Waals surface area contributed by atoms with E-state index in [1.54, 1.807) is 35.6 Å². The Morgan fingerprint density at radius 1 is 1.29 bits per heavy atom. The molecule has 0 fully saturated rings. The summed E-state index contributed by atoms with van der Waals surface area (Å²) in [5.74, 6) is -0.917. The number of sulfonamides is 1. The molecule has 1 aromatic heterocycles. The average molecular weight is 420 g/mol. The number of hydrogen-bond donors (Lipinski definition) is 0. The van der Waals surface area contributed by atoms with Crippen molar-refractivity contribution in [2.75, 3.05) is 17.2 Å². The molecule has 0 saturated carbocycles. The SMILES string of the molecule is Cc1ccc(/C=C/C(=O)OCC(=O)c2ccc3c(c2)C[C@@H](C)N3S(C)(=O)=O)s1. The van der Waals surface area contributed by atoms with E-state index in [1.165, 1.54) is 16.6 Å². The Morgan fingerprint density at radius 2 is 2.04 bits per heavy atom. The maximum Gasteiger partial charge on any atom is 0.331 e. The highest BCUT2D eigenvalue weighted by atomic mass is 32.2. The molecule has 0 bridgehead atoms. The fourth-order valence-electron chi connectivity index (χ4n) is 3.24. The second-order valence-corrected chi connectivity index (χ2v) is 9.95. The second-order valence-electron chi connectivity index (χ2n) is 6.77. The lowest BCUT2D eigenvalue weighted by Gasteiger charge is -2.21. The quantitative estimate of drug-likeness (QED) is 0.408. The van der Waals surface area contributed by atoms with Gasteiger partial charge in [-0.3, -0.25) is 9.10 Å². The van der Waals surface area contributed by atoms with Crippen LogP contribution in [0.15, 0.2) is 36.4 Å². The standard InChI is InChI=1S/C20H21NO5S2/c1-13-10-16-11-15(5-8-18(16)21(13)28(3,24)25)19(22)12-26-20(23)9-7-17-6-4-14(2)27-17/h4-9,11,13H,10,12H2,1-3H3/b9-7+/t13-/m1/s1. The number of anilines is 1. The largest absolute Gasteiger partial charge is 0.454 e. The third-order valence-corrected chi connectivity index (χ3v) is 6.64. The van der Waals surface area contributed by atoms with E-state index in [2.05, 4.69) is 0 Å². The molecule has 1 aliphatic rings. The number of carbonyl (C=O) groups is 2. The van der Waals surface area contributed by atoms with Gasteiger partial charge in [-0.1, -0.05) is 0 Å². The molecule has 0 aliphatic carbocycles. The zero-order valence-electron chi connectivity index (χ0n) is 15.8. The van der Waals surface area contributed by atoms with Gasteiger partial charge in [-0.05, 0) is 62.2 Å². The number of nitrogens with zero attached hydrogens (tertiary/aromatic N) is 1. The van der Waals surface area contributed by atoms with Crippen LogP contribution in [0.1, 0.15) is 32.6 Å². The summed E-state index contributed by atoms with van der Waals surface area (Å²) in [6.45, 7) is 3.44. The molecule has 0 saturated heterocycles. The molecule has 0 amide bonds. The molecule has 28 heavy (non-hydrogen) atoms. The van der Waals surface area contributed by atoms with Gasteiger partial charge in [0.1, 0.15) is 0 Å². The van der Waals surface area contributed by atoms with Crippen molar-refractivity contribution in [1.82, 2.24) is 0 Å². The summed E-state index contributed by atoms with van der Waals surface area (Å²) in [6.07, 6.45) is 4.66. The fourth-order valence-corrected chi connectivity index (χ4v) is 5.29.